The molecule has 0 bridgehead atoms. The number of allylic oxidation sites excluding steroid dienone is 1. The van der Waals surface area contributed by atoms with Gasteiger partial charge in [-0.3, -0.25) is 29.5 Å². The summed E-state index contributed by atoms with van der Waals surface area (Å²) in [6, 6.07) is 11.2. The smallest absolute Gasteiger partial charge is 0.269 e. The van der Waals surface area contributed by atoms with Crippen molar-refractivity contribution in [3.8, 4) is 0 Å². The normalized spacial score (nSPS) is 25.8. The molecule has 0 aliphatic carbocycles. The minimum atomic E-state index is -0.923. The maximum Gasteiger partial charge on any atom is 0.269 e. The van der Waals surface area contributed by atoms with Crippen molar-refractivity contribution in [3.05, 3.63) is 81.9 Å². The van der Waals surface area contributed by atoms with E-state index in [2.05, 4.69) is 5.10 Å². The van der Waals surface area contributed by atoms with Crippen LogP contribution in [0.25, 0.3) is 0 Å². The van der Waals surface area contributed by atoms with Crippen LogP contribution in [0.1, 0.15) is 15.9 Å². The van der Waals surface area contributed by atoms with Gasteiger partial charge in [-0.25, -0.2) is 4.90 Å². The molecule has 3 heterocycles. The molecule has 0 aromatic heterocycles. The number of carbonyl (C=O) groups excluding carboxylic acids is 3. The van der Waals surface area contributed by atoms with Gasteiger partial charge in [0.25, 0.3) is 5.69 Å². The van der Waals surface area contributed by atoms with Crippen LogP contribution in [0.15, 0.2) is 65.8 Å². The molecule has 32 heavy (non-hydrogen) atoms. The number of hydrazone groups is 1. The number of imide groups is 1. The van der Waals surface area contributed by atoms with Crippen molar-refractivity contribution in [3.63, 3.8) is 0 Å². The van der Waals surface area contributed by atoms with E-state index in [0.717, 1.165) is 4.90 Å². The lowest BCUT2D eigenvalue weighted by molar-refractivity contribution is -0.384. The molecule has 0 N–H and O–H groups in total. The molecule has 9 heteroatoms. The topological polar surface area (TPSA) is 113 Å². The predicted octanol–water partition coefficient (Wildman–Crippen LogP) is 2.50. The van der Waals surface area contributed by atoms with Gasteiger partial charge in [-0.2, -0.15) is 5.10 Å². The Balaban J connectivity index is 1.58. The van der Waals surface area contributed by atoms with Crippen LogP contribution in [0.3, 0.4) is 0 Å². The number of ketones is 1. The number of rotatable bonds is 4. The van der Waals surface area contributed by atoms with Crippen LogP contribution in [-0.2, 0) is 9.59 Å². The van der Waals surface area contributed by atoms with Gasteiger partial charge in [-0.1, -0.05) is 36.4 Å². The van der Waals surface area contributed by atoms with E-state index in [9.17, 15) is 24.5 Å². The zero-order valence-corrected chi connectivity index (χ0v) is 17.0. The molecule has 160 valence electrons. The van der Waals surface area contributed by atoms with Gasteiger partial charge in [-0.15, -0.1) is 0 Å². The number of non-ortho nitro benzene ring substituents is 1. The standard InChI is InChI=1S/C23H18N4O5/c1-13-12-15(27(31)32)9-10-16(13)25-22(29)18-17-8-5-11-24-26(17)20(19(18)23(25)30)21(28)14-6-3-2-4-7-14/h2-12,17-20H,1H3/t17-,18+,19+,20-/m0/s1. The fraction of sp³-hybridized carbons (Fsp3) is 0.217. The first-order valence-electron chi connectivity index (χ1n) is 10.1. The van der Waals surface area contributed by atoms with Gasteiger partial charge in [-0.05, 0) is 24.6 Å². The molecule has 2 fully saturated rings. The van der Waals surface area contributed by atoms with Crippen molar-refractivity contribution in [2.24, 2.45) is 16.9 Å². The number of anilines is 1. The van der Waals surface area contributed by atoms with Gasteiger partial charge >= 0.3 is 0 Å². The molecule has 0 unspecified atom stereocenters. The molecule has 2 saturated heterocycles. The van der Waals surface area contributed by atoms with E-state index >= 15 is 0 Å². The molecular formula is C23H18N4O5. The lowest BCUT2D eigenvalue weighted by Crippen LogP contribution is -2.46. The number of nitrogens with zero attached hydrogens (tertiary/aromatic N) is 4. The van der Waals surface area contributed by atoms with E-state index in [1.54, 1.807) is 54.4 Å². The number of Topliss-reactive ketones (excluding diaryl/α,β-unsaturated/α-hetero) is 1. The van der Waals surface area contributed by atoms with Crippen molar-refractivity contribution in [2.45, 2.75) is 19.0 Å². The van der Waals surface area contributed by atoms with Gasteiger partial charge in [0.05, 0.1) is 28.5 Å². The highest BCUT2D eigenvalue weighted by molar-refractivity contribution is 6.25. The average Bonchev–Trinajstić information content (AvgIpc) is 3.27. The number of hydrogen-bond donors (Lipinski definition) is 0. The van der Waals surface area contributed by atoms with E-state index in [0.29, 0.717) is 16.8 Å². The van der Waals surface area contributed by atoms with Gasteiger partial charge in [0.15, 0.2) is 5.78 Å². The van der Waals surface area contributed by atoms with E-state index < -0.39 is 40.7 Å². The van der Waals surface area contributed by atoms with Crippen LogP contribution in [0, 0.1) is 28.9 Å². The minimum Gasteiger partial charge on any atom is -0.292 e. The van der Waals surface area contributed by atoms with E-state index in [-0.39, 0.29) is 11.5 Å². The maximum absolute atomic E-state index is 13.6. The summed E-state index contributed by atoms with van der Waals surface area (Å²) < 4.78 is 0. The molecule has 2 aromatic rings. The number of benzene rings is 2. The first-order chi connectivity index (χ1) is 15.4. The van der Waals surface area contributed by atoms with Crippen LogP contribution in [0.4, 0.5) is 11.4 Å². The van der Waals surface area contributed by atoms with Gasteiger partial charge in [0.1, 0.15) is 6.04 Å². The maximum atomic E-state index is 13.6. The van der Waals surface area contributed by atoms with Crippen LogP contribution < -0.4 is 4.90 Å². The summed E-state index contributed by atoms with van der Waals surface area (Å²) in [6.45, 7) is 1.61. The average molecular weight is 430 g/mol. The molecule has 2 aromatic carbocycles. The summed E-state index contributed by atoms with van der Waals surface area (Å²) in [5.41, 5.74) is 1.03. The number of fused-ring (bicyclic) bond motifs is 3. The Morgan fingerprint density at radius 1 is 1.06 bits per heavy atom. The zero-order chi connectivity index (χ0) is 22.6. The van der Waals surface area contributed by atoms with Gasteiger partial charge in [0.2, 0.25) is 11.8 Å². The number of nitro benzene ring substituents is 1. The van der Waals surface area contributed by atoms with Crippen LogP contribution in [0.2, 0.25) is 0 Å². The van der Waals surface area contributed by atoms with Crippen molar-refractivity contribution >= 4 is 35.2 Å². The molecule has 3 aliphatic rings. The molecule has 0 spiro atoms. The van der Waals surface area contributed by atoms with Crippen molar-refractivity contribution in [1.29, 1.82) is 0 Å². The van der Waals surface area contributed by atoms with E-state index in [1.807, 2.05) is 0 Å². The lowest BCUT2D eigenvalue weighted by Gasteiger charge is -2.30. The third-order valence-electron chi connectivity index (χ3n) is 6.25. The summed E-state index contributed by atoms with van der Waals surface area (Å²) in [4.78, 5) is 52.1. The first kappa shape index (κ1) is 19.8. The molecule has 0 radical (unpaired) electrons. The fourth-order valence-corrected chi connectivity index (χ4v) is 4.85. The van der Waals surface area contributed by atoms with Crippen molar-refractivity contribution < 1.29 is 19.3 Å². The third-order valence-corrected chi connectivity index (χ3v) is 6.25. The predicted molar refractivity (Wildman–Crippen MR) is 115 cm³/mol. The minimum absolute atomic E-state index is 0.126. The highest BCUT2D eigenvalue weighted by atomic mass is 16.6. The number of amides is 2. The number of nitro groups is 1. The lowest BCUT2D eigenvalue weighted by atomic mass is 9.86. The largest absolute Gasteiger partial charge is 0.292 e. The molecule has 2 amide bonds. The Morgan fingerprint density at radius 2 is 1.78 bits per heavy atom. The van der Waals surface area contributed by atoms with E-state index in [4.69, 9.17) is 0 Å². The Kier molecular flexibility index (Phi) is 4.47. The summed E-state index contributed by atoms with van der Waals surface area (Å²) >= 11 is 0. The number of carbonyl (C=O) groups is 3. The Labute approximate surface area is 182 Å². The van der Waals surface area contributed by atoms with Crippen LogP contribution in [-0.4, -0.2) is 45.8 Å². The highest BCUT2D eigenvalue weighted by Gasteiger charge is 2.64. The second kappa shape index (κ2) is 7.23. The fourth-order valence-electron chi connectivity index (χ4n) is 4.85. The number of aryl methyl sites for hydroxylation is 1. The summed E-state index contributed by atoms with van der Waals surface area (Å²) in [5.74, 6) is -2.89. The monoisotopic (exact) mass is 430 g/mol. The van der Waals surface area contributed by atoms with Crippen LogP contribution >= 0.6 is 0 Å². The quantitative estimate of drug-likeness (QED) is 0.319. The van der Waals surface area contributed by atoms with Crippen LogP contribution in [0.5, 0.6) is 0 Å². The van der Waals surface area contributed by atoms with E-state index in [1.165, 1.54) is 24.4 Å². The van der Waals surface area contributed by atoms with Gasteiger partial charge < -0.3 is 0 Å². The Hall–Kier alpha value is -4.14. The first-order valence-corrected chi connectivity index (χ1v) is 10.1. The SMILES string of the molecule is Cc1cc([N+](=O)[O-])ccc1N1C(=O)[C@@H]2[C@H](C1=O)[C@@H]1C=CC=NN1[C@@H]2C(=O)c1ccccc1. The summed E-state index contributed by atoms with van der Waals surface area (Å²) in [6.07, 6.45) is 5.02. The molecule has 0 saturated carbocycles. The third kappa shape index (κ3) is 2.78. The summed E-state index contributed by atoms with van der Waals surface area (Å²) in [5, 5.41) is 17.0. The molecule has 4 atom stereocenters. The van der Waals surface area contributed by atoms with Crippen molar-refractivity contribution in [1.82, 2.24) is 5.01 Å². The Morgan fingerprint density at radius 3 is 2.47 bits per heavy atom. The zero-order valence-electron chi connectivity index (χ0n) is 17.0. The highest BCUT2D eigenvalue weighted by Crippen LogP contribution is 2.46. The second-order valence-electron chi connectivity index (χ2n) is 7.99. The molecule has 3 aliphatic heterocycles. The van der Waals surface area contributed by atoms with Gasteiger partial charge in [0, 0.05) is 23.9 Å². The molecule has 9 nitrogen and oxygen atoms in total. The molecule has 5 rings (SSSR count). The Bertz CT molecular complexity index is 1220. The number of hydrogen-bond acceptors (Lipinski definition) is 7. The molecular weight excluding hydrogens is 412 g/mol. The second-order valence-corrected chi connectivity index (χ2v) is 7.99. The van der Waals surface area contributed by atoms with Crippen molar-refractivity contribution in [2.75, 3.05) is 4.90 Å². The summed E-state index contributed by atoms with van der Waals surface area (Å²) in [7, 11) is 0.